The second-order valence-corrected chi connectivity index (χ2v) is 7.08. The van der Waals surface area contributed by atoms with E-state index in [9.17, 15) is 4.79 Å². The van der Waals surface area contributed by atoms with Gasteiger partial charge < -0.3 is 0 Å². The topological polar surface area (TPSA) is 60.1 Å². The van der Waals surface area contributed by atoms with E-state index < -0.39 is 0 Å². The molecule has 0 fully saturated rings. The van der Waals surface area contributed by atoms with E-state index in [0.29, 0.717) is 17.8 Å². The summed E-state index contributed by atoms with van der Waals surface area (Å²) >= 11 is 1.63. The summed E-state index contributed by atoms with van der Waals surface area (Å²) in [7, 11) is 0. The number of hydrogen-bond donors (Lipinski definition) is 0. The predicted octanol–water partition coefficient (Wildman–Crippen LogP) is 2.78. The summed E-state index contributed by atoms with van der Waals surface area (Å²) in [6, 6.07) is 0. The van der Waals surface area contributed by atoms with Crippen molar-refractivity contribution in [2.45, 2.75) is 45.2 Å². The van der Waals surface area contributed by atoms with E-state index in [0.717, 1.165) is 29.4 Å². The fourth-order valence-electron chi connectivity index (χ4n) is 2.56. The average molecular weight is 290 g/mol. The third kappa shape index (κ3) is 2.32. The number of carbonyl (C=O) groups excluding carboxylic acids is 1. The number of hydrogen-bond acceptors (Lipinski definition) is 5. The van der Waals surface area contributed by atoms with Crippen molar-refractivity contribution in [3.8, 4) is 0 Å². The van der Waals surface area contributed by atoms with Gasteiger partial charge in [0.1, 0.15) is 0 Å². The molecule has 20 heavy (non-hydrogen) atoms. The summed E-state index contributed by atoms with van der Waals surface area (Å²) < 4.78 is 1.76. The van der Waals surface area contributed by atoms with Crippen LogP contribution in [0.4, 0.5) is 0 Å². The molecule has 0 aliphatic heterocycles. The molecule has 6 heteroatoms. The van der Waals surface area contributed by atoms with Gasteiger partial charge in [0.05, 0.1) is 11.3 Å². The largest absolute Gasteiger partial charge is 0.294 e. The van der Waals surface area contributed by atoms with Crippen molar-refractivity contribution >= 4 is 23.3 Å². The Labute approximate surface area is 122 Å². The Balaban J connectivity index is 2.10. The third-order valence-corrected chi connectivity index (χ3v) is 4.51. The van der Waals surface area contributed by atoms with Gasteiger partial charge >= 0.3 is 0 Å². The maximum absolute atomic E-state index is 12.2. The lowest BCUT2D eigenvalue weighted by atomic mass is 9.76. The average Bonchev–Trinajstić information content (AvgIpc) is 2.78. The highest BCUT2D eigenvalue weighted by atomic mass is 32.2. The standard InChI is InChI=1S/C14H18N4OS/c1-4-5-20-13-16-12-15-8-9-10(18(12)17-13)6-14(2,3)7-11(9)19/h8H,4-7H2,1-3H3. The van der Waals surface area contributed by atoms with Crippen LogP contribution >= 0.6 is 11.8 Å². The normalized spacial score (nSPS) is 17.4. The minimum atomic E-state index is -0.0267. The molecule has 106 valence electrons. The number of carbonyl (C=O) groups is 1. The first-order valence-electron chi connectivity index (χ1n) is 6.91. The molecule has 1 aliphatic rings. The van der Waals surface area contributed by atoms with Crippen LogP contribution in [-0.4, -0.2) is 31.1 Å². The van der Waals surface area contributed by atoms with E-state index in [1.165, 1.54) is 0 Å². The lowest BCUT2D eigenvalue weighted by molar-refractivity contribution is 0.0908. The first kappa shape index (κ1) is 13.5. The molecule has 0 saturated carbocycles. The first-order valence-corrected chi connectivity index (χ1v) is 7.89. The molecular formula is C14H18N4OS. The Morgan fingerprint density at radius 3 is 2.95 bits per heavy atom. The number of aromatic nitrogens is 4. The molecule has 0 aromatic carbocycles. The molecule has 0 saturated heterocycles. The zero-order valence-corrected chi connectivity index (χ0v) is 12.8. The molecule has 2 aromatic heterocycles. The maximum atomic E-state index is 12.2. The molecule has 5 nitrogen and oxygen atoms in total. The number of Topliss-reactive ketones (excluding diaryl/α,β-unsaturated/α-hetero) is 1. The number of ketones is 1. The van der Waals surface area contributed by atoms with E-state index in [1.54, 1.807) is 22.5 Å². The highest BCUT2D eigenvalue weighted by Crippen LogP contribution is 2.34. The van der Waals surface area contributed by atoms with Crippen LogP contribution in [0.5, 0.6) is 0 Å². The van der Waals surface area contributed by atoms with Gasteiger partial charge in [0.15, 0.2) is 5.78 Å². The molecule has 0 bridgehead atoms. The lowest BCUT2D eigenvalue weighted by Crippen LogP contribution is -2.29. The molecular weight excluding hydrogens is 272 g/mol. The molecule has 0 unspecified atom stereocenters. The molecule has 0 radical (unpaired) electrons. The minimum absolute atomic E-state index is 0.0267. The Hall–Kier alpha value is -1.43. The Kier molecular flexibility index (Phi) is 3.28. The summed E-state index contributed by atoms with van der Waals surface area (Å²) in [4.78, 5) is 20.9. The van der Waals surface area contributed by atoms with E-state index in [4.69, 9.17) is 0 Å². The zero-order chi connectivity index (χ0) is 14.3. The van der Waals surface area contributed by atoms with Gasteiger partial charge in [-0.2, -0.15) is 9.50 Å². The quantitative estimate of drug-likeness (QED) is 0.813. The Morgan fingerprint density at radius 1 is 1.40 bits per heavy atom. The van der Waals surface area contributed by atoms with Crippen molar-refractivity contribution in [2.24, 2.45) is 5.41 Å². The SMILES string of the molecule is CCCSc1nc2ncc3c(n2n1)CC(C)(C)CC3=O. The van der Waals surface area contributed by atoms with Gasteiger partial charge in [0.25, 0.3) is 5.78 Å². The van der Waals surface area contributed by atoms with E-state index in [1.807, 2.05) is 0 Å². The summed E-state index contributed by atoms with van der Waals surface area (Å²) in [6.07, 6.45) is 4.14. The monoisotopic (exact) mass is 290 g/mol. The van der Waals surface area contributed by atoms with Gasteiger partial charge in [-0.1, -0.05) is 32.5 Å². The molecule has 3 rings (SSSR count). The molecule has 2 heterocycles. The van der Waals surface area contributed by atoms with Crippen LogP contribution in [-0.2, 0) is 6.42 Å². The minimum Gasteiger partial charge on any atom is -0.294 e. The van der Waals surface area contributed by atoms with Gasteiger partial charge in [-0.25, -0.2) is 4.98 Å². The summed E-state index contributed by atoms with van der Waals surface area (Å²) in [5.74, 6) is 1.74. The highest BCUT2D eigenvalue weighted by Gasteiger charge is 2.33. The Bertz CT molecular complexity index is 677. The second-order valence-electron chi connectivity index (χ2n) is 6.01. The Morgan fingerprint density at radius 2 is 2.20 bits per heavy atom. The lowest BCUT2D eigenvalue weighted by Gasteiger charge is -2.29. The molecule has 2 aromatic rings. The first-order chi connectivity index (χ1) is 9.50. The molecule has 0 atom stereocenters. The molecule has 0 N–H and O–H groups in total. The van der Waals surface area contributed by atoms with Gasteiger partial charge in [0, 0.05) is 18.4 Å². The fourth-order valence-corrected chi connectivity index (χ4v) is 3.24. The van der Waals surface area contributed by atoms with Crippen LogP contribution in [0.15, 0.2) is 11.4 Å². The fraction of sp³-hybridized carbons (Fsp3) is 0.571. The number of thioether (sulfide) groups is 1. The van der Waals surface area contributed by atoms with Crippen LogP contribution in [0.2, 0.25) is 0 Å². The van der Waals surface area contributed by atoms with Crippen molar-refractivity contribution in [3.05, 3.63) is 17.5 Å². The second kappa shape index (κ2) is 4.84. The number of fused-ring (bicyclic) bond motifs is 3. The summed E-state index contributed by atoms with van der Waals surface area (Å²) in [5, 5.41) is 5.26. The summed E-state index contributed by atoms with van der Waals surface area (Å²) in [5.41, 5.74) is 1.63. The van der Waals surface area contributed by atoms with E-state index in [-0.39, 0.29) is 11.2 Å². The molecule has 0 amide bonds. The van der Waals surface area contributed by atoms with Crippen LogP contribution in [0.1, 0.15) is 49.7 Å². The number of rotatable bonds is 3. The van der Waals surface area contributed by atoms with Crippen LogP contribution in [0.25, 0.3) is 5.78 Å². The predicted molar refractivity (Wildman–Crippen MR) is 78.2 cm³/mol. The van der Waals surface area contributed by atoms with Crippen LogP contribution in [0, 0.1) is 5.41 Å². The van der Waals surface area contributed by atoms with Crippen molar-refractivity contribution in [1.82, 2.24) is 19.6 Å². The van der Waals surface area contributed by atoms with Crippen molar-refractivity contribution in [1.29, 1.82) is 0 Å². The van der Waals surface area contributed by atoms with Gasteiger partial charge in [0.2, 0.25) is 5.16 Å². The smallest absolute Gasteiger partial charge is 0.253 e. The van der Waals surface area contributed by atoms with E-state index >= 15 is 0 Å². The van der Waals surface area contributed by atoms with E-state index in [2.05, 4.69) is 35.8 Å². The maximum Gasteiger partial charge on any atom is 0.253 e. The summed E-state index contributed by atoms with van der Waals surface area (Å²) in [6.45, 7) is 6.36. The van der Waals surface area contributed by atoms with Gasteiger partial charge in [-0.15, -0.1) is 5.10 Å². The van der Waals surface area contributed by atoms with Crippen molar-refractivity contribution in [3.63, 3.8) is 0 Å². The third-order valence-electron chi connectivity index (χ3n) is 3.47. The molecule has 1 aliphatic carbocycles. The number of nitrogens with zero attached hydrogens (tertiary/aromatic N) is 4. The highest BCUT2D eigenvalue weighted by molar-refractivity contribution is 7.99. The van der Waals surface area contributed by atoms with Gasteiger partial charge in [-0.3, -0.25) is 4.79 Å². The van der Waals surface area contributed by atoms with Crippen molar-refractivity contribution < 1.29 is 4.79 Å². The van der Waals surface area contributed by atoms with Crippen LogP contribution < -0.4 is 0 Å². The zero-order valence-electron chi connectivity index (χ0n) is 12.0. The van der Waals surface area contributed by atoms with Crippen molar-refractivity contribution in [2.75, 3.05) is 5.75 Å². The van der Waals surface area contributed by atoms with Gasteiger partial charge in [-0.05, 0) is 18.3 Å². The van der Waals surface area contributed by atoms with Crippen LogP contribution in [0.3, 0.4) is 0 Å². The molecule has 0 spiro atoms.